The van der Waals surface area contributed by atoms with Crippen LogP contribution in [-0.2, 0) is 66.0 Å². The number of ether oxygens (including phenoxy) is 7. The lowest BCUT2D eigenvalue weighted by Gasteiger charge is -2.58. The number of benzene rings is 2. The van der Waals surface area contributed by atoms with Crippen molar-refractivity contribution in [3.05, 3.63) is 65.2 Å². The van der Waals surface area contributed by atoms with E-state index in [9.17, 15) is 24.0 Å². The molecule has 2 heterocycles. The summed E-state index contributed by atoms with van der Waals surface area (Å²) < 4.78 is 39.5. The molecule has 0 aromatic heterocycles. The first kappa shape index (κ1) is 35.2. The fraction of sp³-hybridized carbons (Fsp3) is 0.541. The van der Waals surface area contributed by atoms with Crippen molar-refractivity contribution in [1.29, 1.82) is 0 Å². The minimum atomic E-state index is -1.56. The van der Waals surface area contributed by atoms with E-state index in [0.717, 1.165) is 76.7 Å². The van der Waals surface area contributed by atoms with Crippen LogP contribution in [-0.4, -0.2) is 85.3 Å². The molecule has 2 aliphatic heterocycles. The summed E-state index contributed by atoms with van der Waals surface area (Å²) in [5.41, 5.74) is 2.97. The average molecular weight is 694 g/mol. The molecular formula is C37H43NO12. The second-order valence-electron chi connectivity index (χ2n) is 13.4. The molecule has 2 aliphatic carbocycles. The Balaban J connectivity index is 1.29. The number of hydrogen-bond acceptors (Lipinski definition) is 12. The van der Waals surface area contributed by atoms with Crippen molar-refractivity contribution in [3.63, 3.8) is 0 Å². The van der Waals surface area contributed by atoms with E-state index >= 15 is 0 Å². The van der Waals surface area contributed by atoms with Crippen LogP contribution in [0.25, 0.3) is 0 Å². The monoisotopic (exact) mass is 693 g/mol. The van der Waals surface area contributed by atoms with Crippen LogP contribution in [0.1, 0.15) is 69.6 Å². The Labute approximate surface area is 290 Å². The zero-order valence-electron chi connectivity index (χ0n) is 28.7. The van der Waals surface area contributed by atoms with Gasteiger partial charge in [0.05, 0.1) is 7.11 Å². The number of methoxy groups -OCH3 is 1. The quantitative estimate of drug-likeness (QED) is 0.288. The normalized spacial score (nSPS) is 29.7. The van der Waals surface area contributed by atoms with E-state index in [1.54, 1.807) is 6.07 Å². The van der Waals surface area contributed by atoms with Gasteiger partial charge in [0, 0.05) is 38.8 Å². The van der Waals surface area contributed by atoms with Gasteiger partial charge in [-0.05, 0) is 60.4 Å². The summed E-state index contributed by atoms with van der Waals surface area (Å²) in [6.07, 6.45) is -2.21. The molecule has 2 aromatic carbocycles. The summed E-state index contributed by atoms with van der Waals surface area (Å²) in [5, 5.41) is 0. The largest absolute Gasteiger partial charge is 0.467 e. The molecule has 2 aromatic rings. The molecule has 0 unspecified atom stereocenters. The van der Waals surface area contributed by atoms with Crippen LogP contribution < -0.4 is 4.74 Å². The van der Waals surface area contributed by atoms with Gasteiger partial charge < -0.3 is 38.1 Å². The van der Waals surface area contributed by atoms with E-state index in [1.165, 1.54) is 0 Å². The number of carbonyl (C=O) groups is 5. The lowest BCUT2D eigenvalue weighted by Crippen LogP contribution is -2.64. The molecule has 4 aliphatic rings. The first-order valence-electron chi connectivity index (χ1n) is 17.0. The first-order valence-corrected chi connectivity index (χ1v) is 17.0. The van der Waals surface area contributed by atoms with E-state index in [4.69, 9.17) is 33.2 Å². The zero-order chi connectivity index (χ0) is 35.6. The van der Waals surface area contributed by atoms with E-state index in [2.05, 4.69) is 0 Å². The zero-order valence-corrected chi connectivity index (χ0v) is 28.7. The van der Waals surface area contributed by atoms with Crippen LogP contribution in [0.3, 0.4) is 0 Å². The molecule has 0 radical (unpaired) electrons. The number of likely N-dealkylation sites (tertiary alicyclic amines) is 1. The smallest absolute Gasteiger partial charge is 0.410 e. The molecule has 268 valence electrons. The minimum absolute atomic E-state index is 0.00914. The number of fused-ring (bicyclic) bond motifs is 1. The van der Waals surface area contributed by atoms with Crippen LogP contribution in [0.2, 0.25) is 0 Å². The molecule has 2 bridgehead atoms. The number of nitrogens with zero attached hydrogens (tertiary/aromatic N) is 1. The van der Waals surface area contributed by atoms with E-state index in [-0.39, 0.29) is 30.1 Å². The standard InChI is InChI=1S/C37H43NO12/c1-21(39)46-30-31(47-22(2)40)33(48-23(3)41)35(50-32(30)34(42)44-4)49-26-14-13-25-18-29-27-12-8-9-15-37(27,28(25)19-26)16-17-38(29)36(43)45-20-24-10-6-5-7-11-24/h5-7,10-11,13-14,19,27,29-33,35H,8-9,12,15-18,20H2,1-4H3/t27-,29+,30-,31-,32-,33+,35+,37+/m0/s1. The van der Waals surface area contributed by atoms with Crippen LogP contribution in [0.15, 0.2) is 48.5 Å². The Morgan fingerprint density at radius 2 is 1.56 bits per heavy atom. The summed E-state index contributed by atoms with van der Waals surface area (Å²) >= 11 is 0. The highest BCUT2D eigenvalue weighted by Gasteiger charge is 2.57. The molecule has 0 spiro atoms. The molecule has 8 atom stereocenters. The number of amides is 1. The fourth-order valence-corrected chi connectivity index (χ4v) is 8.40. The van der Waals surface area contributed by atoms with Gasteiger partial charge in [-0.3, -0.25) is 14.4 Å². The maximum Gasteiger partial charge on any atom is 0.410 e. The van der Waals surface area contributed by atoms with Gasteiger partial charge in [-0.2, -0.15) is 0 Å². The number of hydrogen-bond donors (Lipinski definition) is 0. The molecule has 3 fully saturated rings. The van der Waals surface area contributed by atoms with Gasteiger partial charge >= 0.3 is 30.0 Å². The lowest BCUT2D eigenvalue weighted by molar-refractivity contribution is -0.282. The van der Waals surface area contributed by atoms with Crippen molar-refractivity contribution in [2.24, 2.45) is 5.92 Å². The van der Waals surface area contributed by atoms with E-state index in [0.29, 0.717) is 18.7 Å². The molecule has 2 saturated heterocycles. The van der Waals surface area contributed by atoms with Gasteiger partial charge in [0.2, 0.25) is 12.4 Å². The molecule has 1 amide bonds. The van der Waals surface area contributed by atoms with Gasteiger partial charge in [0.15, 0.2) is 18.3 Å². The number of piperidine rings is 1. The minimum Gasteiger partial charge on any atom is -0.467 e. The van der Waals surface area contributed by atoms with Crippen LogP contribution in [0.4, 0.5) is 4.79 Å². The Kier molecular flexibility index (Phi) is 10.3. The maximum atomic E-state index is 13.5. The molecule has 13 heteroatoms. The Hall–Kier alpha value is -4.65. The molecule has 6 rings (SSSR count). The van der Waals surface area contributed by atoms with Gasteiger partial charge in [-0.15, -0.1) is 0 Å². The predicted octanol–water partition coefficient (Wildman–Crippen LogP) is 4.15. The Morgan fingerprint density at radius 3 is 2.26 bits per heavy atom. The molecule has 0 N–H and O–H groups in total. The van der Waals surface area contributed by atoms with Gasteiger partial charge in [-0.1, -0.05) is 49.2 Å². The first-order chi connectivity index (χ1) is 24.0. The highest BCUT2D eigenvalue weighted by atomic mass is 16.7. The molecule has 13 nitrogen and oxygen atoms in total. The van der Waals surface area contributed by atoms with Gasteiger partial charge in [-0.25, -0.2) is 9.59 Å². The van der Waals surface area contributed by atoms with Crippen molar-refractivity contribution < 1.29 is 57.1 Å². The third-order valence-electron chi connectivity index (χ3n) is 10.3. The second-order valence-corrected chi connectivity index (χ2v) is 13.4. The van der Waals surface area contributed by atoms with Crippen LogP contribution in [0, 0.1) is 5.92 Å². The van der Waals surface area contributed by atoms with Crippen molar-refractivity contribution in [2.75, 3.05) is 13.7 Å². The van der Waals surface area contributed by atoms with E-state index < -0.39 is 54.6 Å². The number of carbonyl (C=O) groups excluding carboxylic acids is 5. The summed E-state index contributed by atoms with van der Waals surface area (Å²) in [4.78, 5) is 64.8. The van der Waals surface area contributed by atoms with Crippen LogP contribution >= 0.6 is 0 Å². The SMILES string of the molecule is COC(=O)[C@H]1O[C@@H](Oc2ccc3c(c2)[C@@]24CCCC[C@H]2[C@@H](C3)N(C(=O)OCc2ccccc2)CC4)[C@H](OC(C)=O)[C@@H](OC(C)=O)[C@@H]1OC(C)=O. The summed E-state index contributed by atoms with van der Waals surface area (Å²) in [5.74, 6) is -2.60. The number of rotatable bonds is 8. The molecule has 50 heavy (non-hydrogen) atoms. The van der Waals surface area contributed by atoms with Crippen molar-refractivity contribution in [1.82, 2.24) is 4.90 Å². The summed E-state index contributed by atoms with van der Waals surface area (Å²) in [6.45, 7) is 4.19. The van der Waals surface area contributed by atoms with E-state index in [1.807, 2.05) is 47.4 Å². The Morgan fingerprint density at radius 1 is 0.860 bits per heavy atom. The topological polar surface area (TPSA) is 153 Å². The Bertz CT molecular complexity index is 1610. The van der Waals surface area contributed by atoms with Crippen molar-refractivity contribution in [2.45, 2.75) is 108 Å². The third kappa shape index (κ3) is 7.01. The second kappa shape index (κ2) is 14.7. The van der Waals surface area contributed by atoms with Crippen molar-refractivity contribution in [3.8, 4) is 5.75 Å². The van der Waals surface area contributed by atoms with Gasteiger partial charge in [0.25, 0.3) is 0 Å². The predicted molar refractivity (Wildman–Crippen MR) is 173 cm³/mol. The van der Waals surface area contributed by atoms with Crippen molar-refractivity contribution >= 4 is 30.0 Å². The maximum absolute atomic E-state index is 13.5. The summed E-state index contributed by atoms with van der Waals surface area (Å²) in [7, 11) is 1.14. The van der Waals surface area contributed by atoms with Gasteiger partial charge in [0.1, 0.15) is 12.4 Å². The number of esters is 4. The third-order valence-corrected chi connectivity index (χ3v) is 10.3. The van der Waals surface area contributed by atoms with Crippen LogP contribution in [0.5, 0.6) is 5.75 Å². The lowest BCUT2D eigenvalue weighted by atomic mass is 9.52. The molecule has 1 saturated carbocycles. The average Bonchev–Trinajstić information content (AvgIpc) is 3.09. The fourth-order valence-electron chi connectivity index (χ4n) is 8.40. The molecular weight excluding hydrogens is 650 g/mol. The highest BCUT2D eigenvalue weighted by molar-refractivity contribution is 5.77. The summed E-state index contributed by atoms with van der Waals surface area (Å²) in [6, 6.07) is 15.3. The highest BCUT2D eigenvalue weighted by Crippen LogP contribution is 2.56.